The van der Waals surface area contributed by atoms with Gasteiger partial charge in [0.05, 0.1) is 4.91 Å². The van der Waals surface area contributed by atoms with Crippen LogP contribution in [0.5, 0.6) is 0 Å². The number of aliphatic hydroxyl groups excluding tert-OH is 1. The van der Waals surface area contributed by atoms with Crippen molar-refractivity contribution in [1.82, 2.24) is 0 Å². The molecule has 1 N–H and O–H groups in total. The zero-order chi connectivity index (χ0) is 12.5. The van der Waals surface area contributed by atoms with Crippen molar-refractivity contribution in [3.8, 4) is 0 Å². The minimum atomic E-state index is -4.97. The second-order valence-corrected chi connectivity index (χ2v) is 4.38. The van der Waals surface area contributed by atoms with E-state index in [1.807, 2.05) is 0 Å². The molecule has 0 aliphatic heterocycles. The summed E-state index contributed by atoms with van der Waals surface area (Å²) in [6.45, 7) is 0. The fraction of sp³-hybridized carbons (Fsp3) is 0.429. The number of nitrogens with zero attached hydrogens (tertiary/aromatic N) is 1. The van der Waals surface area contributed by atoms with E-state index >= 15 is 0 Å². The summed E-state index contributed by atoms with van der Waals surface area (Å²) in [5.41, 5.74) is -4.97. The van der Waals surface area contributed by atoms with Crippen LogP contribution >= 0.6 is 0 Å². The third-order valence-electron chi connectivity index (χ3n) is 1.81. The predicted molar refractivity (Wildman–Crippen MR) is 48.2 cm³/mol. The van der Waals surface area contributed by atoms with Crippen LogP contribution in [0, 0.1) is 10.1 Å². The summed E-state index contributed by atoms with van der Waals surface area (Å²) in [6.07, 6.45) is 0.624. The van der Waals surface area contributed by atoms with Crippen LogP contribution in [0.25, 0.3) is 0 Å². The summed E-state index contributed by atoms with van der Waals surface area (Å²) < 4.78 is 47.0. The van der Waals surface area contributed by atoms with Gasteiger partial charge < -0.3 is 5.11 Å². The molecule has 0 spiro atoms. The Kier molecular flexibility index (Phi) is 3.48. The first-order valence-corrected chi connectivity index (χ1v) is 5.08. The van der Waals surface area contributed by atoms with Crippen molar-refractivity contribution in [1.29, 1.82) is 0 Å². The Morgan fingerprint density at radius 1 is 1.50 bits per heavy atom. The van der Waals surface area contributed by atoms with Crippen molar-refractivity contribution in [3.63, 3.8) is 0 Å². The molecule has 0 saturated carbocycles. The zero-order valence-electron chi connectivity index (χ0n) is 7.55. The molecule has 0 aromatic carbocycles. The molecule has 0 bridgehead atoms. The lowest BCUT2D eigenvalue weighted by atomic mass is 10.1. The second-order valence-electron chi connectivity index (χ2n) is 2.91. The molecule has 0 fully saturated rings. The van der Waals surface area contributed by atoms with E-state index in [1.165, 1.54) is 0 Å². The summed E-state index contributed by atoms with van der Waals surface area (Å²) in [6, 6.07) is -1.70. The van der Waals surface area contributed by atoms with Gasteiger partial charge in [-0.15, -0.1) is 0 Å². The molecular formula is C7H6F3NO4S. The van der Waals surface area contributed by atoms with E-state index in [4.69, 9.17) is 5.11 Å². The summed E-state index contributed by atoms with van der Waals surface area (Å²) in [7, 11) is -3.32. The van der Waals surface area contributed by atoms with Gasteiger partial charge in [0.2, 0.25) is 0 Å². The quantitative estimate of drug-likeness (QED) is 0.583. The maximum absolute atomic E-state index is 12.1. The van der Waals surface area contributed by atoms with E-state index in [0.29, 0.717) is 6.08 Å². The highest BCUT2D eigenvalue weighted by atomic mass is 32.2. The van der Waals surface area contributed by atoms with Crippen LogP contribution in [-0.4, -0.2) is 31.9 Å². The van der Waals surface area contributed by atoms with E-state index < -0.39 is 38.3 Å². The van der Waals surface area contributed by atoms with Gasteiger partial charge in [0, 0.05) is 11.0 Å². The minimum Gasteiger partial charge on any atom is -0.381 e. The van der Waals surface area contributed by atoms with Gasteiger partial charge in [0.15, 0.2) is 10.8 Å². The first-order valence-electron chi connectivity index (χ1n) is 3.93. The zero-order valence-corrected chi connectivity index (χ0v) is 8.36. The van der Waals surface area contributed by atoms with Crippen LogP contribution in [0.4, 0.5) is 13.2 Å². The molecule has 90 valence electrons. The molecule has 9 heteroatoms. The molecule has 3 atom stereocenters. The van der Waals surface area contributed by atoms with Crippen molar-refractivity contribution in [2.75, 3.05) is 0 Å². The van der Waals surface area contributed by atoms with Crippen LogP contribution < -0.4 is 0 Å². The Hall–Kier alpha value is -1.22. The summed E-state index contributed by atoms with van der Waals surface area (Å²) in [4.78, 5) is 8.70. The van der Waals surface area contributed by atoms with Crippen LogP contribution in [0.3, 0.4) is 0 Å². The number of aliphatic hydroxyl groups is 1. The fourth-order valence-electron chi connectivity index (χ4n) is 1.07. The van der Waals surface area contributed by atoms with E-state index in [-0.39, 0.29) is 0 Å². The highest BCUT2D eigenvalue weighted by Crippen LogP contribution is 2.28. The van der Waals surface area contributed by atoms with Crippen LogP contribution in [0.1, 0.15) is 0 Å². The predicted octanol–water partition coefficient (Wildman–Crippen LogP) is 0.715. The van der Waals surface area contributed by atoms with Crippen molar-refractivity contribution >= 4 is 10.8 Å². The summed E-state index contributed by atoms with van der Waals surface area (Å²) >= 11 is 0. The smallest absolute Gasteiger partial charge is 0.381 e. The van der Waals surface area contributed by atoms with Gasteiger partial charge in [-0.3, -0.25) is 10.1 Å². The van der Waals surface area contributed by atoms with Gasteiger partial charge in [-0.25, -0.2) is 4.21 Å². The highest BCUT2D eigenvalue weighted by Gasteiger charge is 2.41. The molecule has 0 radical (unpaired) electrons. The third kappa shape index (κ3) is 2.67. The maximum atomic E-state index is 12.1. The van der Waals surface area contributed by atoms with E-state index in [1.54, 1.807) is 0 Å². The molecule has 0 aromatic rings. The molecule has 0 amide bonds. The lowest BCUT2D eigenvalue weighted by Gasteiger charge is -2.15. The lowest BCUT2D eigenvalue weighted by Crippen LogP contribution is -2.33. The molecule has 0 heterocycles. The number of nitro groups is 1. The van der Waals surface area contributed by atoms with Gasteiger partial charge in [-0.2, -0.15) is 13.2 Å². The Bertz CT molecular complexity index is 390. The second kappa shape index (κ2) is 4.34. The maximum Gasteiger partial charge on any atom is 0.475 e. The number of hydrogen-bond donors (Lipinski definition) is 1. The van der Waals surface area contributed by atoms with Gasteiger partial charge in [-0.1, -0.05) is 0 Å². The fourth-order valence-corrected chi connectivity index (χ4v) is 1.80. The van der Waals surface area contributed by atoms with Crippen molar-refractivity contribution in [3.05, 3.63) is 33.2 Å². The molecule has 5 nitrogen and oxygen atoms in total. The molecule has 1 aliphatic rings. The molecule has 1 aliphatic carbocycles. The minimum absolute atomic E-state index is 0.550. The number of rotatable bonds is 2. The third-order valence-corrected chi connectivity index (χ3v) is 2.93. The van der Waals surface area contributed by atoms with Crippen molar-refractivity contribution in [2.24, 2.45) is 0 Å². The standard InChI is InChI=1S/C7H6F3NO4S/c8-7(9,10)16(15)4-1-2-6(12)5(3-4)11(13)14/h1-3,5-6,12H. The van der Waals surface area contributed by atoms with E-state index in [2.05, 4.69) is 0 Å². The number of halogens is 3. The Balaban J connectivity index is 3.00. The molecule has 0 aromatic heterocycles. The molecular weight excluding hydrogens is 251 g/mol. The largest absolute Gasteiger partial charge is 0.475 e. The van der Waals surface area contributed by atoms with Crippen molar-refractivity contribution in [2.45, 2.75) is 17.7 Å². The van der Waals surface area contributed by atoms with Gasteiger partial charge in [0.1, 0.15) is 6.10 Å². The number of alkyl halides is 3. The number of allylic oxidation sites excluding steroid dienone is 1. The monoisotopic (exact) mass is 257 g/mol. The van der Waals surface area contributed by atoms with Crippen LogP contribution in [-0.2, 0) is 10.8 Å². The highest BCUT2D eigenvalue weighted by molar-refractivity contribution is 7.90. The average molecular weight is 257 g/mol. The molecule has 0 saturated heterocycles. The van der Waals surface area contributed by atoms with Gasteiger partial charge in [-0.05, 0) is 12.2 Å². The first kappa shape index (κ1) is 12.8. The summed E-state index contributed by atoms with van der Waals surface area (Å²) in [5, 5.41) is 19.5. The Morgan fingerprint density at radius 3 is 2.50 bits per heavy atom. The molecule has 16 heavy (non-hydrogen) atoms. The van der Waals surface area contributed by atoms with E-state index in [0.717, 1.165) is 12.2 Å². The lowest BCUT2D eigenvalue weighted by molar-refractivity contribution is -0.518. The Labute approximate surface area is 89.9 Å². The molecule has 3 unspecified atom stereocenters. The van der Waals surface area contributed by atoms with Gasteiger partial charge in [0.25, 0.3) is 6.04 Å². The van der Waals surface area contributed by atoms with Crippen LogP contribution in [0.2, 0.25) is 0 Å². The Morgan fingerprint density at radius 2 is 2.06 bits per heavy atom. The number of hydrogen-bond acceptors (Lipinski definition) is 4. The van der Waals surface area contributed by atoms with Crippen molar-refractivity contribution < 1.29 is 27.4 Å². The van der Waals surface area contributed by atoms with E-state index in [9.17, 15) is 27.5 Å². The van der Waals surface area contributed by atoms with Gasteiger partial charge >= 0.3 is 5.51 Å². The topological polar surface area (TPSA) is 80.4 Å². The molecule has 1 rings (SSSR count). The summed E-state index contributed by atoms with van der Waals surface area (Å²) in [5.74, 6) is 0. The van der Waals surface area contributed by atoms with Crippen LogP contribution in [0.15, 0.2) is 23.1 Å². The SMILES string of the molecule is O=[N+]([O-])C1C=C(S(=O)C(F)(F)F)C=CC1O. The average Bonchev–Trinajstić information content (AvgIpc) is 2.15. The normalized spacial score (nSPS) is 27.4. The first-order chi connectivity index (χ1) is 7.23.